The summed E-state index contributed by atoms with van der Waals surface area (Å²) in [6.07, 6.45) is -5.59. The van der Waals surface area contributed by atoms with E-state index in [1.807, 2.05) is 26.0 Å². The summed E-state index contributed by atoms with van der Waals surface area (Å²) in [5, 5.41) is 2.66. The highest BCUT2D eigenvalue weighted by Gasteiger charge is 2.30. The van der Waals surface area contributed by atoms with Crippen LogP contribution in [0, 0.1) is 13.8 Å². The minimum atomic E-state index is -4.48. The van der Waals surface area contributed by atoms with Crippen molar-refractivity contribution in [2.24, 2.45) is 0 Å². The van der Waals surface area contributed by atoms with Crippen LogP contribution in [0.5, 0.6) is 0 Å². The van der Waals surface area contributed by atoms with E-state index in [4.69, 9.17) is 4.74 Å². The molecule has 1 N–H and O–H groups in total. The zero-order valence-electron chi connectivity index (χ0n) is 14.5. The maximum atomic E-state index is 12.5. The molecule has 2 aromatic rings. The summed E-state index contributed by atoms with van der Waals surface area (Å²) in [5.74, 6) is -1.40. The molecule has 0 heterocycles. The molecule has 1 atom stereocenters. The molecular weight excluding hydrogens is 347 g/mol. The number of benzene rings is 2. The van der Waals surface area contributed by atoms with Crippen molar-refractivity contribution in [1.82, 2.24) is 0 Å². The molecule has 26 heavy (non-hydrogen) atoms. The molecule has 1 amide bonds. The van der Waals surface area contributed by atoms with E-state index in [0.29, 0.717) is 5.69 Å². The number of hydrogen-bond acceptors (Lipinski definition) is 3. The van der Waals surface area contributed by atoms with Crippen molar-refractivity contribution in [1.29, 1.82) is 0 Å². The summed E-state index contributed by atoms with van der Waals surface area (Å²) < 4.78 is 42.6. The average Bonchev–Trinajstić information content (AvgIpc) is 2.56. The topological polar surface area (TPSA) is 55.4 Å². The minimum Gasteiger partial charge on any atom is -0.449 e. The second kappa shape index (κ2) is 7.59. The predicted octanol–water partition coefficient (Wildman–Crippen LogP) is 4.51. The van der Waals surface area contributed by atoms with E-state index in [1.165, 1.54) is 6.92 Å². The van der Waals surface area contributed by atoms with Crippen LogP contribution >= 0.6 is 0 Å². The molecule has 0 fully saturated rings. The Morgan fingerprint density at radius 3 is 2.19 bits per heavy atom. The van der Waals surface area contributed by atoms with Crippen molar-refractivity contribution in [2.75, 3.05) is 5.32 Å². The Morgan fingerprint density at radius 1 is 1.04 bits per heavy atom. The summed E-state index contributed by atoms with van der Waals surface area (Å²) in [6, 6.07) is 9.08. The second-order valence-corrected chi connectivity index (χ2v) is 5.93. The van der Waals surface area contributed by atoms with E-state index in [9.17, 15) is 22.8 Å². The Hall–Kier alpha value is -2.83. The molecular formula is C19H18F3NO3. The van der Waals surface area contributed by atoms with Crippen molar-refractivity contribution < 1.29 is 27.5 Å². The number of aryl methyl sites for hydroxylation is 2. The van der Waals surface area contributed by atoms with Crippen LogP contribution in [0.4, 0.5) is 18.9 Å². The molecule has 2 aromatic carbocycles. The molecule has 4 nitrogen and oxygen atoms in total. The Labute approximate surface area is 149 Å². The van der Waals surface area contributed by atoms with Gasteiger partial charge in [0.2, 0.25) is 0 Å². The first-order chi connectivity index (χ1) is 12.1. The first kappa shape index (κ1) is 19.5. The Balaban J connectivity index is 2.00. The third-order valence-corrected chi connectivity index (χ3v) is 3.74. The van der Waals surface area contributed by atoms with Crippen LogP contribution in [0.1, 0.15) is 34.0 Å². The lowest BCUT2D eigenvalue weighted by atomic mass is 10.1. The van der Waals surface area contributed by atoms with Gasteiger partial charge in [0, 0.05) is 5.69 Å². The smallest absolute Gasteiger partial charge is 0.416 e. The van der Waals surface area contributed by atoms with Crippen LogP contribution in [-0.4, -0.2) is 18.0 Å². The monoisotopic (exact) mass is 365 g/mol. The summed E-state index contributed by atoms with van der Waals surface area (Å²) in [7, 11) is 0. The fourth-order valence-electron chi connectivity index (χ4n) is 2.27. The summed E-state index contributed by atoms with van der Waals surface area (Å²) in [6.45, 7) is 5.15. The van der Waals surface area contributed by atoms with E-state index in [0.717, 1.165) is 35.4 Å². The number of rotatable bonds is 4. The van der Waals surface area contributed by atoms with Gasteiger partial charge in [-0.2, -0.15) is 13.2 Å². The maximum Gasteiger partial charge on any atom is 0.416 e. The zero-order chi connectivity index (χ0) is 19.5. The number of carbonyl (C=O) groups is 2. The standard InChI is InChI=1S/C19H18F3NO3/c1-11-4-9-16(12(2)10-11)23-17(24)13(3)26-18(25)14-5-7-15(8-6-14)19(20,21)22/h4-10,13H,1-3H3,(H,23,24). The quantitative estimate of drug-likeness (QED) is 0.812. The number of esters is 1. The van der Waals surface area contributed by atoms with Crippen molar-refractivity contribution in [3.63, 3.8) is 0 Å². The lowest BCUT2D eigenvalue weighted by molar-refractivity contribution is -0.137. The molecule has 0 aliphatic carbocycles. The number of ether oxygens (including phenoxy) is 1. The van der Waals surface area contributed by atoms with Crippen LogP contribution in [0.15, 0.2) is 42.5 Å². The van der Waals surface area contributed by atoms with Crippen molar-refractivity contribution in [3.05, 3.63) is 64.7 Å². The first-order valence-electron chi connectivity index (χ1n) is 7.84. The minimum absolute atomic E-state index is 0.0656. The van der Waals surface area contributed by atoms with Gasteiger partial charge in [0.15, 0.2) is 6.10 Å². The molecule has 0 bridgehead atoms. The molecule has 0 aliphatic heterocycles. The highest BCUT2D eigenvalue weighted by molar-refractivity contribution is 5.97. The van der Waals surface area contributed by atoms with E-state index < -0.39 is 29.7 Å². The molecule has 0 spiro atoms. The van der Waals surface area contributed by atoms with Crippen LogP contribution in [0.2, 0.25) is 0 Å². The molecule has 7 heteroatoms. The first-order valence-corrected chi connectivity index (χ1v) is 7.84. The van der Waals surface area contributed by atoms with Gasteiger partial charge in [-0.3, -0.25) is 4.79 Å². The SMILES string of the molecule is Cc1ccc(NC(=O)C(C)OC(=O)c2ccc(C(F)(F)F)cc2)c(C)c1. The Morgan fingerprint density at radius 2 is 1.65 bits per heavy atom. The molecule has 0 saturated heterocycles. The van der Waals surface area contributed by atoms with Gasteiger partial charge in [0.1, 0.15) is 0 Å². The summed E-state index contributed by atoms with van der Waals surface area (Å²) in [5.41, 5.74) is 1.57. The van der Waals surface area contributed by atoms with Gasteiger partial charge < -0.3 is 10.1 Å². The molecule has 0 radical (unpaired) electrons. The normalized spacial score (nSPS) is 12.4. The number of alkyl halides is 3. The van der Waals surface area contributed by atoms with Crippen molar-refractivity contribution >= 4 is 17.6 Å². The fraction of sp³-hybridized carbons (Fsp3) is 0.263. The number of nitrogens with one attached hydrogen (secondary N) is 1. The van der Waals surface area contributed by atoms with Crippen molar-refractivity contribution in [3.8, 4) is 0 Å². The van der Waals surface area contributed by atoms with Gasteiger partial charge in [-0.15, -0.1) is 0 Å². The second-order valence-electron chi connectivity index (χ2n) is 5.93. The number of halogens is 3. The Bertz CT molecular complexity index is 814. The third kappa shape index (κ3) is 4.84. The number of anilines is 1. The lowest BCUT2D eigenvalue weighted by Gasteiger charge is -2.15. The van der Waals surface area contributed by atoms with Gasteiger partial charge >= 0.3 is 12.1 Å². The van der Waals surface area contributed by atoms with Crippen LogP contribution in [-0.2, 0) is 15.7 Å². The highest BCUT2D eigenvalue weighted by atomic mass is 19.4. The maximum absolute atomic E-state index is 12.5. The summed E-state index contributed by atoms with van der Waals surface area (Å²) in [4.78, 5) is 24.2. The average molecular weight is 365 g/mol. The van der Waals surface area contributed by atoms with Gasteiger partial charge in [-0.1, -0.05) is 17.7 Å². The molecule has 138 valence electrons. The van der Waals surface area contributed by atoms with Crippen LogP contribution in [0.3, 0.4) is 0 Å². The van der Waals surface area contributed by atoms with Gasteiger partial charge in [-0.05, 0) is 56.7 Å². The summed E-state index contributed by atoms with van der Waals surface area (Å²) >= 11 is 0. The number of carbonyl (C=O) groups excluding carboxylic acids is 2. The lowest BCUT2D eigenvalue weighted by Crippen LogP contribution is -2.30. The Kier molecular flexibility index (Phi) is 5.69. The van der Waals surface area contributed by atoms with Crippen molar-refractivity contribution in [2.45, 2.75) is 33.1 Å². The molecule has 1 unspecified atom stereocenters. The van der Waals surface area contributed by atoms with E-state index >= 15 is 0 Å². The largest absolute Gasteiger partial charge is 0.449 e. The number of hydrogen-bond donors (Lipinski definition) is 1. The van der Waals surface area contributed by atoms with E-state index in [2.05, 4.69) is 5.32 Å². The van der Waals surface area contributed by atoms with Crippen LogP contribution in [0.25, 0.3) is 0 Å². The van der Waals surface area contributed by atoms with Gasteiger partial charge in [-0.25, -0.2) is 4.79 Å². The fourth-order valence-corrected chi connectivity index (χ4v) is 2.27. The van der Waals surface area contributed by atoms with E-state index in [-0.39, 0.29) is 5.56 Å². The molecule has 0 aromatic heterocycles. The zero-order valence-corrected chi connectivity index (χ0v) is 14.5. The molecule has 0 saturated carbocycles. The molecule has 0 aliphatic rings. The van der Waals surface area contributed by atoms with Crippen LogP contribution < -0.4 is 5.32 Å². The highest BCUT2D eigenvalue weighted by Crippen LogP contribution is 2.29. The molecule has 2 rings (SSSR count). The van der Waals surface area contributed by atoms with E-state index in [1.54, 1.807) is 6.07 Å². The van der Waals surface area contributed by atoms with Gasteiger partial charge in [0.05, 0.1) is 11.1 Å². The van der Waals surface area contributed by atoms with Gasteiger partial charge in [0.25, 0.3) is 5.91 Å². The number of amides is 1. The third-order valence-electron chi connectivity index (χ3n) is 3.74. The predicted molar refractivity (Wildman–Crippen MR) is 90.9 cm³/mol.